The number of thiazole rings is 1. The number of benzene rings is 1. The van der Waals surface area contributed by atoms with E-state index in [2.05, 4.69) is 25.8 Å². The zero-order valence-electron chi connectivity index (χ0n) is 14.9. The van der Waals surface area contributed by atoms with E-state index in [9.17, 15) is 14.0 Å². The highest BCUT2D eigenvalue weighted by molar-refractivity contribution is 7.99. The van der Waals surface area contributed by atoms with Crippen molar-refractivity contribution in [2.75, 3.05) is 17.7 Å². The third-order valence-corrected chi connectivity index (χ3v) is 5.30. The minimum atomic E-state index is -0.471. The second kappa shape index (κ2) is 8.89. The van der Waals surface area contributed by atoms with Gasteiger partial charge in [0.15, 0.2) is 5.13 Å². The molecule has 3 aromatic rings. The first-order valence-corrected chi connectivity index (χ1v) is 9.89. The molecule has 0 aliphatic rings. The molecule has 146 valence electrons. The van der Waals surface area contributed by atoms with Crippen LogP contribution in [0.2, 0.25) is 0 Å². The zero-order valence-corrected chi connectivity index (χ0v) is 16.5. The molecule has 3 rings (SSSR count). The fraction of sp³-hybridized carbons (Fsp3) is 0.250. The number of thioether (sulfide) groups is 1. The summed E-state index contributed by atoms with van der Waals surface area (Å²) in [6.45, 7) is 3.64. The molecule has 0 atom stereocenters. The Morgan fingerprint density at radius 2 is 2.21 bits per heavy atom. The molecule has 12 heteroatoms. The number of carbonyl (C=O) groups excluding carboxylic acids is 2. The molecule has 0 saturated heterocycles. The van der Waals surface area contributed by atoms with Gasteiger partial charge >= 0.3 is 5.97 Å². The number of hydrogen-bond donors (Lipinski definition) is 1. The van der Waals surface area contributed by atoms with E-state index in [4.69, 9.17) is 4.74 Å². The van der Waals surface area contributed by atoms with Crippen LogP contribution in [0.1, 0.15) is 22.3 Å². The third-order valence-electron chi connectivity index (χ3n) is 3.33. The van der Waals surface area contributed by atoms with Gasteiger partial charge < -0.3 is 10.1 Å². The highest BCUT2D eigenvalue weighted by Crippen LogP contribution is 2.24. The first-order chi connectivity index (χ1) is 13.5. The number of halogens is 1. The van der Waals surface area contributed by atoms with E-state index in [1.165, 1.54) is 16.8 Å². The molecule has 0 radical (unpaired) electrons. The van der Waals surface area contributed by atoms with Crippen molar-refractivity contribution in [3.63, 3.8) is 0 Å². The molecular formula is C16H15FN6O3S2. The van der Waals surface area contributed by atoms with E-state index in [0.29, 0.717) is 26.5 Å². The van der Waals surface area contributed by atoms with Gasteiger partial charge in [-0.25, -0.2) is 14.2 Å². The van der Waals surface area contributed by atoms with E-state index in [1.807, 2.05) is 0 Å². The summed E-state index contributed by atoms with van der Waals surface area (Å²) < 4.78 is 19.7. The van der Waals surface area contributed by atoms with Crippen molar-refractivity contribution < 1.29 is 18.7 Å². The van der Waals surface area contributed by atoms with Gasteiger partial charge in [-0.15, -0.1) is 5.10 Å². The Kier molecular flexibility index (Phi) is 6.31. The molecule has 1 aromatic carbocycles. The van der Waals surface area contributed by atoms with Gasteiger partial charge in [-0.3, -0.25) is 4.79 Å². The predicted molar refractivity (Wildman–Crippen MR) is 101 cm³/mol. The minimum absolute atomic E-state index is 0.00303. The summed E-state index contributed by atoms with van der Waals surface area (Å²) in [6.07, 6.45) is 0. The molecule has 28 heavy (non-hydrogen) atoms. The van der Waals surface area contributed by atoms with Crippen molar-refractivity contribution in [3.8, 4) is 5.69 Å². The van der Waals surface area contributed by atoms with Crippen LogP contribution in [0.3, 0.4) is 0 Å². The lowest BCUT2D eigenvalue weighted by Gasteiger charge is -2.04. The molecule has 1 amide bonds. The highest BCUT2D eigenvalue weighted by atomic mass is 32.2. The van der Waals surface area contributed by atoms with E-state index >= 15 is 0 Å². The maximum Gasteiger partial charge on any atom is 0.350 e. The highest BCUT2D eigenvalue weighted by Gasteiger charge is 2.18. The number of anilines is 1. The van der Waals surface area contributed by atoms with Gasteiger partial charge in [-0.2, -0.15) is 4.68 Å². The van der Waals surface area contributed by atoms with Crippen molar-refractivity contribution in [1.82, 2.24) is 25.2 Å². The molecule has 1 N–H and O–H groups in total. The Morgan fingerprint density at radius 1 is 1.39 bits per heavy atom. The second-order valence-corrected chi connectivity index (χ2v) is 7.29. The summed E-state index contributed by atoms with van der Waals surface area (Å²) in [5.74, 6) is -1.23. The van der Waals surface area contributed by atoms with Gasteiger partial charge in [0.2, 0.25) is 11.1 Å². The first-order valence-electron chi connectivity index (χ1n) is 8.09. The van der Waals surface area contributed by atoms with E-state index in [-0.39, 0.29) is 18.3 Å². The molecule has 0 saturated carbocycles. The lowest BCUT2D eigenvalue weighted by Crippen LogP contribution is -2.14. The summed E-state index contributed by atoms with van der Waals surface area (Å²) in [7, 11) is 0. The first kappa shape index (κ1) is 19.9. The van der Waals surface area contributed by atoms with Crippen LogP contribution in [0.25, 0.3) is 5.69 Å². The largest absolute Gasteiger partial charge is 0.462 e. The fourth-order valence-corrected chi connectivity index (χ4v) is 3.73. The van der Waals surface area contributed by atoms with E-state index in [1.54, 1.807) is 26.0 Å². The van der Waals surface area contributed by atoms with Gasteiger partial charge in [0.25, 0.3) is 0 Å². The maximum absolute atomic E-state index is 13.4. The predicted octanol–water partition coefficient (Wildman–Crippen LogP) is 2.47. The Bertz CT molecular complexity index is 1010. The minimum Gasteiger partial charge on any atom is -0.462 e. The number of tetrazole rings is 1. The van der Waals surface area contributed by atoms with E-state index < -0.39 is 11.8 Å². The molecule has 0 fully saturated rings. The van der Waals surface area contributed by atoms with Crippen LogP contribution < -0.4 is 5.32 Å². The van der Waals surface area contributed by atoms with Crippen LogP contribution in [0.5, 0.6) is 0 Å². The van der Waals surface area contributed by atoms with Gasteiger partial charge in [0, 0.05) is 0 Å². The average Bonchev–Trinajstić information content (AvgIpc) is 3.26. The number of carbonyl (C=O) groups is 2. The van der Waals surface area contributed by atoms with Crippen molar-refractivity contribution >= 4 is 40.1 Å². The fourth-order valence-electron chi connectivity index (χ4n) is 2.16. The molecule has 0 aliphatic heterocycles. The Balaban J connectivity index is 1.62. The topological polar surface area (TPSA) is 112 Å². The monoisotopic (exact) mass is 422 g/mol. The van der Waals surface area contributed by atoms with Crippen molar-refractivity contribution in [3.05, 3.63) is 40.7 Å². The number of ether oxygens (including phenoxy) is 1. The zero-order chi connectivity index (χ0) is 20.1. The van der Waals surface area contributed by atoms with Crippen LogP contribution >= 0.6 is 23.1 Å². The van der Waals surface area contributed by atoms with Crippen molar-refractivity contribution in [2.24, 2.45) is 0 Å². The quantitative estimate of drug-likeness (QED) is 0.457. The Hall–Kier alpha value is -2.86. The van der Waals surface area contributed by atoms with Gasteiger partial charge in [-0.05, 0) is 42.5 Å². The number of nitrogens with one attached hydrogen (secondary N) is 1. The van der Waals surface area contributed by atoms with Crippen molar-refractivity contribution in [1.29, 1.82) is 0 Å². The lowest BCUT2D eigenvalue weighted by atomic mass is 10.3. The Labute approximate surface area is 167 Å². The normalized spacial score (nSPS) is 10.7. The number of aryl methyl sites for hydroxylation is 1. The van der Waals surface area contributed by atoms with Crippen LogP contribution in [-0.2, 0) is 9.53 Å². The summed E-state index contributed by atoms with van der Waals surface area (Å²) in [5, 5.41) is 14.5. The van der Waals surface area contributed by atoms with Crippen LogP contribution in [0.4, 0.5) is 9.52 Å². The Morgan fingerprint density at radius 3 is 2.96 bits per heavy atom. The number of nitrogens with zero attached hydrogens (tertiary/aromatic N) is 5. The molecule has 0 bridgehead atoms. The second-order valence-electron chi connectivity index (χ2n) is 5.34. The lowest BCUT2D eigenvalue weighted by molar-refractivity contribution is -0.113. The standard InChI is InChI=1S/C16H15FN6O3S2/c1-3-26-14(25)13-9(2)18-15(28-13)19-12(24)8-27-16-20-21-22-23(16)11-6-4-5-10(17)7-11/h4-7H,3,8H2,1-2H3,(H,18,19,24). The average molecular weight is 422 g/mol. The van der Waals surface area contributed by atoms with Gasteiger partial charge in [0.1, 0.15) is 10.7 Å². The number of amides is 1. The van der Waals surface area contributed by atoms with Crippen LogP contribution in [0.15, 0.2) is 29.4 Å². The summed E-state index contributed by atoms with van der Waals surface area (Å²) >= 11 is 2.13. The van der Waals surface area contributed by atoms with Gasteiger partial charge in [0.05, 0.1) is 23.7 Å². The van der Waals surface area contributed by atoms with Crippen molar-refractivity contribution in [2.45, 2.75) is 19.0 Å². The molecule has 9 nitrogen and oxygen atoms in total. The summed E-state index contributed by atoms with van der Waals surface area (Å²) in [4.78, 5) is 28.5. The molecule has 0 spiro atoms. The molecular weight excluding hydrogens is 407 g/mol. The maximum atomic E-state index is 13.4. The summed E-state index contributed by atoms with van der Waals surface area (Å²) in [5.41, 5.74) is 0.934. The molecule has 0 unspecified atom stereocenters. The smallest absolute Gasteiger partial charge is 0.350 e. The molecule has 2 aromatic heterocycles. The SMILES string of the molecule is CCOC(=O)c1sc(NC(=O)CSc2nnnn2-c2cccc(F)c2)nc1C. The molecule has 0 aliphatic carbocycles. The number of rotatable bonds is 7. The number of hydrogen-bond acceptors (Lipinski definition) is 9. The summed E-state index contributed by atoms with van der Waals surface area (Å²) in [6, 6.07) is 5.79. The molecule has 2 heterocycles. The number of esters is 1. The number of aromatic nitrogens is 5. The van der Waals surface area contributed by atoms with Gasteiger partial charge in [-0.1, -0.05) is 29.2 Å². The van der Waals surface area contributed by atoms with Crippen LogP contribution in [0, 0.1) is 12.7 Å². The van der Waals surface area contributed by atoms with E-state index in [0.717, 1.165) is 23.1 Å². The van der Waals surface area contributed by atoms with Crippen LogP contribution in [-0.4, -0.2) is 49.4 Å². The third kappa shape index (κ3) is 4.70.